The van der Waals surface area contributed by atoms with E-state index in [1.165, 1.54) is 52.5 Å². The Morgan fingerprint density at radius 2 is 1.72 bits per heavy atom. The van der Waals surface area contributed by atoms with Crippen molar-refractivity contribution < 1.29 is 13.2 Å². The summed E-state index contributed by atoms with van der Waals surface area (Å²) >= 11 is 1.46. The standard InChI is InChI=1S/C24H23N3O3S2/c1-4-17-10-15-21-22(16-17)31-24(26(21)2)25-23(28)18-11-13-20(14-12-18)32(29,30)27(3)19-8-6-5-7-9-19/h5-16H,4H2,1-3H3. The average Bonchev–Trinajstić information content (AvgIpc) is 3.13. The molecule has 0 bridgehead atoms. The lowest BCUT2D eigenvalue weighted by Crippen LogP contribution is -2.26. The first-order valence-corrected chi connectivity index (χ1v) is 12.4. The van der Waals surface area contributed by atoms with Crippen LogP contribution in [0.3, 0.4) is 0 Å². The molecule has 1 heterocycles. The van der Waals surface area contributed by atoms with Crippen LogP contribution in [0.5, 0.6) is 0 Å². The Bertz CT molecular complexity index is 1450. The highest BCUT2D eigenvalue weighted by atomic mass is 32.2. The third kappa shape index (κ3) is 4.11. The van der Waals surface area contributed by atoms with Crippen molar-refractivity contribution in [2.24, 2.45) is 12.0 Å². The first-order chi connectivity index (χ1) is 15.3. The van der Waals surface area contributed by atoms with Gasteiger partial charge in [-0.2, -0.15) is 4.99 Å². The van der Waals surface area contributed by atoms with Gasteiger partial charge in [-0.3, -0.25) is 9.10 Å². The Labute approximate surface area is 191 Å². The molecule has 1 aromatic heterocycles. The molecule has 0 aliphatic carbocycles. The number of sulfonamides is 1. The summed E-state index contributed by atoms with van der Waals surface area (Å²) in [6.07, 6.45) is 0.942. The second-order valence-corrected chi connectivity index (χ2v) is 10.3. The van der Waals surface area contributed by atoms with Crippen molar-refractivity contribution >= 4 is 43.2 Å². The van der Waals surface area contributed by atoms with Crippen molar-refractivity contribution in [3.8, 4) is 0 Å². The number of hydrogen-bond acceptors (Lipinski definition) is 4. The number of nitrogens with zero attached hydrogens (tertiary/aromatic N) is 3. The van der Waals surface area contributed by atoms with Gasteiger partial charge in [-0.15, -0.1) is 0 Å². The summed E-state index contributed by atoms with van der Waals surface area (Å²) in [5, 5.41) is 0. The minimum Gasteiger partial charge on any atom is -0.319 e. The Balaban J connectivity index is 1.63. The number of rotatable bonds is 5. The van der Waals surface area contributed by atoms with Crippen LogP contribution >= 0.6 is 11.3 Å². The zero-order valence-corrected chi connectivity index (χ0v) is 19.7. The molecule has 164 valence electrons. The molecule has 0 radical (unpaired) electrons. The largest absolute Gasteiger partial charge is 0.319 e. The maximum Gasteiger partial charge on any atom is 0.279 e. The fraction of sp³-hybridized carbons (Fsp3) is 0.167. The van der Waals surface area contributed by atoms with Gasteiger partial charge in [-0.1, -0.05) is 42.5 Å². The van der Waals surface area contributed by atoms with E-state index in [0.29, 0.717) is 16.1 Å². The summed E-state index contributed by atoms with van der Waals surface area (Å²) in [5.41, 5.74) is 3.14. The lowest BCUT2D eigenvalue weighted by atomic mass is 10.2. The van der Waals surface area contributed by atoms with E-state index < -0.39 is 15.9 Å². The van der Waals surface area contributed by atoms with E-state index in [9.17, 15) is 13.2 Å². The highest BCUT2D eigenvalue weighted by Crippen LogP contribution is 2.22. The third-order valence-electron chi connectivity index (χ3n) is 5.36. The molecule has 3 aromatic carbocycles. The molecule has 0 saturated heterocycles. The maximum atomic E-state index is 12.9. The number of benzene rings is 3. The zero-order chi connectivity index (χ0) is 22.9. The van der Waals surface area contributed by atoms with Gasteiger partial charge in [0.1, 0.15) is 0 Å². The van der Waals surface area contributed by atoms with Gasteiger partial charge in [0.15, 0.2) is 4.80 Å². The number of hydrogen-bond donors (Lipinski definition) is 0. The Morgan fingerprint density at radius 1 is 1.03 bits per heavy atom. The number of fused-ring (bicyclic) bond motifs is 1. The topological polar surface area (TPSA) is 71.7 Å². The van der Waals surface area contributed by atoms with Crippen molar-refractivity contribution in [3.05, 3.63) is 88.7 Å². The molecule has 0 unspecified atom stereocenters. The molecular formula is C24H23N3O3S2. The minimum absolute atomic E-state index is 0.111. The van der Waals surface area contributed by atoms with E-state index in [1.807, 2.05) is 23.7 Å². The van der Waals surface area contributed by atoms with Gasteiger partial charge >= 0.3 is 0 Å². The molecule has 0 atom stereocenters. The van der Waals surface area contributed by atoms with Crippen LogP contribution in [0.4, 0.5) is 5.69 Å². The molecule has 0 aliphatic rings. The average molecular weight is 466 g/mol. The second kappa shape index (κ2) is 8.72. The molecule has 0 fully saturated rings. The molecule has 0 saturated carbocycles. The van der Waals surface area contributed by atoms with Crippen LogP contribution in [-0.2, 0) is 23.5 Å². The smallest absolute Gasteiger partial charge is 0.279 e. The number of aromatic nitrogens is 1. The maximum absolute atomic E-state index is 12.9. The molecule has 4 aromatic rings. The summed E-state index contributed by atoms with van der Waals surface area (Å²) in [7, 11) is -0.350. The highest BCUT2D eigenvalue weighted by Gasteiger charge is 2.21. The number of anilines is 1. The summed E-state index contributed by atoms with van der Waals surface area (Å²) in [6.45, 7) is 2.10. The highest BCUT2D eigenvalue weighted by molar-refractivity contribution is 7.92. The first-order valence-electron chi connectivity index (χ1n) is 10.1. The van der Waals surface area contributed by atoms with E-state index in [0.717, 1.165) is 16.6 Å². The van der Waals surface area contributed by atoms with E-state index in [4.69, 9.17) is 0 Å². The van der Waals surface area contributed by atoms with Gasteiger partial charge < -0.3 is 4.57 Å². The molecule has 0 aliphatic heterocycles. The van der Waals surface area contributed by atoms with Crippen LogP contribution in [-0.4, -0.2) is 25.9 Å². The van der Waals surface area contributed by atoms with Gasteiger partial charge in [-0.25, -0.2) is 8.42 Å². The van der Waals surface area contributed by atoms with Gasteiger partial charge in [-0.05, 0) is 60.5 Å². The zero-order valence-electron chi connectivity index (χ0n) is 18.0. The van der Waals surface area contributed by atoms with Crippen LogP contribution in [0, 0.1) is 0 Å². The molecule has 0 spiro atoms. The lowest BCUT2D eigenvalue weighted by Gasteiger charge is -2.19. The SMILES string of the molecule is CCc1ccc2c(c1)sc(=NC(=O)c1ccc(S(=O)(=O)N(C)c3ccccc3)cc1)n2C. The summed E-state index contributed by atoms with van der Waals surface area (Å²) in [6, 6.07) is 20.9. The molecule has 6 nitrogen and oxygen atoms in total. The van der Waals surface area contributed by atoms with Gasteiger partial charge in [0, 0.05) is 19.7 Å². The number of thiazole rings is 1. The van der Waals surface area contributed by atoms with Gasteiger partial charge in [0.25, 0.3) is 15.9 Å². The summed E-state index contributed by atoms with van der Waals surface area (Å²) in [5.74, 6) is -0.414. The monoisotopic (exact) mass is 465 g/mol. The van der Waals surface area contributed by atoms with E-state index in [2.05, 4.69) is 24.0 Å². The van der Waals surface area contributed by atoms with Crippen molar-refractivity contribution in [1.29, 1.82) is 0 Å². The fourth-order valence-corrected chi connectivity index (χ4v) is 5.64. The lowest BCUT2D eigenvalue weighted by molar-refractivity contribution is 0.0998. The van der Waals surface area contributed by atoms with Gasteiger partial charge in [0.05, 0.1) is 20.8 Å². The normalized spacial score (nSPS) is 12.3. The predicted molar refractivity (Wildman–Crippen MR) is 129 cm³/mol. The Hall–Kier alpha value is -3.23. The Morgan fingerprint density at radius 3 is 2.38 bits per heavy atom. The predicted octanol–water partition coefficient (Wildman–Crippen LogP) is 4.37. The molecule has 0 N–H and O–H groups in total. The summed E-state index contributed by atoms with van der Waals surface area (Å²) in [4.78, 5) is 17.7. The summed E-state index contributed by atoms with van der Waals surface area (Å²) < 4.78 is 30.0. The quantitative estimate of drug-likeness (QED) is 0.439. The van der Waals surface area contributed by atoms with E-state index in [-0.39, 0.29) is 4.90 Å². The van der Waals surface area contributed by atoms with E-state index >= 15 is 0 Å². The third-order valence-corrected chi connectivity index (χ3v) is 8.25. The van der Waals surface area contributed by atoms with Crippen molar-refractivity contribution in [3.63, 3.8) is 0 Å². The molecule has 32 heavy (non-hydrogen) atoms. The van der Waals surface area contributed by atoms with Crippen LogP contribution in [0.1, 0.15) is 22.8 Å². The molecule has 8 heteroatoms. The van der Waals surface area contributed by atoms with Crippen molar-refractivity contribution in [2.45, 2.75) is 18.2 Å². The van der Waals surface area contributed by atoms with E-state index in [1.54, 1.807) is 24.3 Å². The number of amides is 1. The van der Waals surface area contributed by atoms with Crippen LogP contribution in [0.25, 0.3) is 10.2 Å². The first kappa shape index (κ1) is 22.0. The molecule has 1 amide bonds. The van der Waals surface area contributed by atoms with Crippen LogP contribution in [0.15, 0.2) is 82.7 Å². The van der Waals surface area contributed by atoms with Crippen LogP contribution in [0.2, 0.25) is 0 Å². The Kier molecular flexibility index (Phi) is 5.99. The minimum atomic E-state index is -3.73. The van der Waals surface area contributed by atoms with Crippen LogP contribution < -0.4 is 9.11 Å². The van der Waals surface area contributed by atoms with Gasteiger partial charge in [0.2, 0.25) is 0 Å². The molecule has 4 rings (SSSR count). The van der Waals surface area contributed by atoms with Crippen molar-refractivity contribution in [2.75, 3.05) is 11.4 Å². The van der Waals surface area contributed by atoms with Crippen molar-refractivity contribution in [1.82, 2.24) is 4.57 Å². The number of carbonyl (C=O) groups is 1. The molecular weight excluding hydrogens is 442 g/mol. The second-order valence-electron chi connectivity index (χ2n) is 7.35. The number of carbonyl (C=O) groups excluding carboxylic acids is 1. The fourth-order valence-electron chi connectivity index (χ4n) is 3.36. The number of para-hydroxylation sites is 1. The number of aryl methyl sites for hydroxylation is 2.